The number of aromatic amines is 1. The van der Waals surface area contributed by atoms with Gasteiger partial charge in [-0.2, -0.15) is 0 Å². The summed E-state index contributed by atoms with van der Waals surface area (Å²) in [7, 11) is 0. The molecule has 1 amide bonds. The highest BCUT2D eigenvalue weighted by Crippen LogP contribution is 2.03. The molecule has 0 aliphatic heterocycles. The molecule has 0 radical (unpaired) electrons. The van der Waals surface area contributed by atoms with E-state index in [0.717, 1.165) is 51.3 Å². The van der Waals surface area contributed by atoms with Gasteiger partial charge in [0.25, 0.3) is 5.91 Å². The van der Waals surface area contributed by atoms with Crippen LogP contribution in [0.25, 0.3) is 0 Å². The van der Waals surface area contributed by atoms with Crippen LogP contribution in [0.3, 0.4) is 0 Å². The molecule has 0 unspecified atom stereocenters. The number of nitrogens with one attached hydrogen (secondary N) is 1. The summed E-state index contributed by atoms with van der Waals surface area (Å²) < 4.78 is 0. The summed E-state index contributed by atoms with van der Waals surface area (Å²) in [5.41, 5.74) is 0. The van der Waals surface area contributed by atoms with Gasteiger partial charge in [0.15, 0.2) is 0 Å². The molecule has 1 heterocycles. The zero-order valence-electron chi connectivity index (χ0n) is 13.9. The highest BCUT2D eigenvalue weighted by Gasteiger charge is 2.18. The Morgan fingerprint density at radius 2 is 1.81 bits per heavy atom. The lowest BCUT2D eigenvalue weighted by atomic mass is 10.3. The molecular formula is C15H29N5O. The number of H-pyrrole nitrogens is 1. The van der Waals surface area contributed by atoms with Crippen molar-refractivity contribution in [3.63, 3.8) is 0 Å². The van der Waals surface area contributed by atoms with Crippen LogP contribution in [0.15, 0.2) is 0 Å². The second-order valence-electron chi connectivity index (χ2n) is 5.12. The Labute approximate surface area is 127 Å². The Bertz CT molecular complexity index is 414. The van der Waals surface area contributed by atoms with Crippen LogP contribution in [0.5, 0.6) is 0 Å². The van der Waals surface area contributed by atoms with E-state index in [2.05, 4.69) is 40.9 Å². The van der Waals surface area contributed by atoms with E-state index < -0.39 is 0 Å². The number of aromatic nitrogens is 3. The number of carbonyl (C=O) groups excluding carboxylic acids is 1. The number of hydrogen-bond acceptors (Lipinski definition) is 4. The lowest BCUT2D eigenvalue weighted by Crippen LogP contribution is -2.35. The van der Waals surface area contributed by atoms with E-state index in [1.165, 1.54) is 0 Å². The van der Waals surface area contributed by atoms with Crippen LogP contribution in [0, 0.1) is 0 Å². The van der Waals surface area contributed by atoms with Crippen LogP contribution in [0.4, 0.5) is 0 Å². The summed E-state index contributed by atoms with van der Waals surface area (Å²) in [6.45, 7) is 13.0. The van der Waals surface area contributed by atoms with Crippen molar-refractivity contribution in [3.05, 3.63) is 11.6 Å². The van der Waals surface area contributed by atoms with Gasteiger partial charge >= 0.3 is 0 Å². The molecule has 1 aromatic rings. The van der Waals surface area contributed by atoms with Crippen molar-refractivity contribution >= 4 is 5.91 Å². The molecule has 1 aromatic heterocycles. The van der Waals surface area contributed by atoms with Crippen molar-refractivity contribution in [2.45, 2.75) is 47.0 Å². The Morgan fingerprint density at radius 3 is 2.38 bits per heavy atom. The first-order valence-corrected chi connectivity index (χ1v) is 8.09. The van der Waals surface area contributed by atoms with Crippen molar-refractivity contribution < 1.29 is 4.79 Å². The van der Waals surface area contributed by atoms with Gasteiger partial charge in [0.2, 0.25) is 5.82 Å². The van der Waals surface area contributed by atoms with Crippen LogP contribution in [-0.4, -0.2) is 63.6 Å². The van der Waals surface area contributed by atoms with Gasteiger partial charge in [0.1, 0.15) is 5.82 Å². The maximum atomic E-state index is 12.4. The van der Waals surface area contributed by atoms with Crippen molar-refractivity contribution in [1.29, 1.82) is 0 Å². The summed E-state index contributed by atoms with van der Waals surface area (Å²) in [4.78, 5) is 20.8. The normalized spacial score (nSPS) is 11.1. The standard InChI is InChI=1S/C15H29N5O/c1-5-10-13-16-14(18-17-13)15(21)20(8-4)12-9-11-19(6-2)7-3/h5-12H2,1-4H3,(H,16,17,18). The second kappa shape index (κ2) is 9.50. The molecule has 6 heteroatoms. The predicted molar refractivity (Wildman–Crippen MR) is 84.4 cm³/mol. The van der Waals surface area contributed by atoms with E-state index in [-0.39, 0.29) is 5.91 Å². The molecule has 0 bridgehead atoms. The molecule has 0 aliphatic carbocycles. The van der Waals surface area contributed by atoms with E-state index in [4.69, 9.17) is 0 Å². The van der Waals surface area contributed by atoms with Crippen molar-refractivity contribution in [3.8, 4) is 0 Å². The van der Waals surface area contributed by atoms with E-state index in [9.17, 15) is 4.79 Å². The summed E-state index contributed by atoms with van der Waals surface area (Å²) in [6, 6.07) is 0. The van der Waals surface area contributed by atoms with Crippen LogP contribution < -0.4 is 0 Å². The summed E-state index contributed by atoms with van der Waals surface area (Å²) in [5, 5.41) is 6.88. The minimum atomic E-state index is -0.0735. The fourth-order valence-electron chi connectivity index (χ4n) is 2.31. The van der Waals surface area contributed by atoms with Gasteiger partial charge in [-0.25, -0.2) is 4.98 Å². The molecule has 0 aliphatic rings. The first-order valence-electron chi connectivity index (χ1n) is 8.09. The Balaban J connectivity index is 2.51. The van der Waals surface area contributed by atoms with Crippen LogP contribution in [0.2, 0.25) is 0 Å². The van der Waals surface area contributed by atoms with E-state index in [0.29, 0.717) is 12.4 Å². The molecule has 0 aromatic carbocycles. The SMILES string of the molecule is CCCc1nc(C(=O)N(CC)CCCN(CC)CC)n[nH]1. The minimum absolute atomic E-state index is 0.0735. The summed E-state index contributed by atoms with van der Waals surface area (Å²) >= 11 is 0. The van der Waals surface area contributed by atoms with E-state index in [1.54, 1.807) is 0 Å². The lowest BCUT2D eigenvalue weighted by molar-refractivity contribution is 0.0745. The topological polar surface area (TPSA) is 65.1 Å². The van der Waals surface area contributed by atoms with E-state index >= 15 is 0 Å². The highest BCUT2D eigenvalue weighted by molar-refractivity contribution is 5.90. The van der Waals surface area contributed by atoms with Gasteiger partial charge in [-0.3, -0.25) is 9.89 Å². The molecule has 6 nitrogen and oxygen atoms in total. The molecule has 0 fully saturated rings. The molecule has 0 saturated heterocycles. The Morgan fingerprint density at radius 1 is 1.10 bits per heavy atom. The van der Waals surface area contributed by atoms with Gasteiger partial charge < -0.3 is 9.80 Å². The fourth-order valence-corrected chi connectivity index (χ4v) is 2.31. The molecule has 21 heavy (non-hydrogen) atoms. The molecule has 120 valence electrons. The number of amides is 1. The maximum absolute atomic E-state index is 12.4. The number of aryl methyl sites for hydroxylation is 1. The Kier molecular flexibility index (Phi) is 7.97. The zero-order valence-corrected chi connectivity index (χ0v) is 13.9. The predicted octanol–water partition coefficient (Wildman–Crippen LogP) is 1.95. The monoisotopic (exact) mass is 295 g/mol. The lowest BCUT2D eigenvalue weighted by Gasteiger charge is -2.22. The zero-order chi connectivity index (χ0) is 15.7. The summed E-state index contributed by atoms with van der Waals surface area (Å²) in [5.74, 6) is 1.01. The number of nitrogens with zero attached hydrogens (tertiary/aromatic N) is 4. The average molecular weight is 295 g/mol. The number of carbonyl (C=O) groups is 1. The largest absolute Gasteiger partial charge is 0.336 e. The summed E-state index contributed by atoms with van der Waals surface area (Å²) in [6.07, 6.45) is 2.80. The number of hydrogen-bond donors (Lipinski definition) is 1. The number of rotatable bonds is 10. The van der Waals surface area contributed by atoms with Gasteiger partial charge in [0.05, 0.1) is 0 Å². The Hall–Kier alpha value is -1.43. The molecule has 0 saturated carbocycles. The fraction of sp³-hybridized carbons (Fsp3) is 0.800. The third-order valence-corrected chi connectivity index (χ3v) is 3.68. The van der Waals surface area contributed by atoms with Crippen molar-refractivity contribution in [2.75, 3.05) is 32.7 Å². The van der Waals surface area contributed by atoms with Crippen molar-refractivity contribution in [2.24, 2.45) is 0 Å². The van der Waals surface area contributed by atoms with Crippen LogP contribution in [-0.2, 0) is 6.42 Å². The molecular weight excluding hydrogens is 266 g/mol. The maximum Gasteiger partial charge on any atom is 0.293 e. The van der Waals surface area contributed by atoms with Gasteiger partial charge in [0, 0.05) is 19.5 Å². The quantitative estimate of drug-likeness (QED) is 0.716. The van der Waals surface area contributed by atoms with Gasteiger partial charge in [-0.1, -0.05) is 20.8 Å². The first kappa shape index (κ1) is 17.6. The minimum Gasteiger partial charge on any atom is -0.336 e. The second-order valence-corrected chi connectivity index (χ2v) is 5.12. The average Bonchev–Trinajstić information content (AvgIpc) is 2.96. The highest BCUT2D eigenvalue weighted by atomic mass is 16.2. The van der Waals surface area contributed by atoms with Gasteiger partial charge in [-0.15, -0.1) is 5.10 Å². The smallest absolute Gasteiger partial charge is 0.293 e. The molecule has 1 N–H and O–H groups in total. The van der Waals surface area contributed by atoms with Crippen molar-refractivity contribution in [1.82, 2.24) is 25.0 Å². The third-order valence-electron chi connectivity index (χ3n) is 3.68. The molecule has 0 atom stereocenters. The van der Waals surface area contributed by atoms with E-state index in [1.807, 2.05) is 11.8 Å². The molecule has 1 rings (SSSR count). The van der Waals surface area contributed by atoms with Gasteiger partial charge in [-0.05, 0) is 39.4 Å². The van der Waals surface area contributed by atoms with Crippen LogP contribution >= 0.6 is 0 Å². The first-order chi connectivity index (χ1) is 10.2. The van der Waals surface area contributed by atoms with Crippen LogP contribution in [0.1, 0.15) is 57.0 Å². The molecule has 0 spiro atoms. The third kappa shape index (κ3) is 5.46.